The average molecular weight is 1070 g/mol. The zero-order chi connectivity index (χ0) is 53.8. The molecule has 7 N–H and O–H groups in total. The Kier molecular flexibility index (Phi) is 24.5. The summed E-state index contributed by atoms with van der Waals surface area (Å²) in [5.41, 5.74) is 6.33. The van der Waals surface area contributed by atoms with Crippen LogP contribution < -0.4 is 32.3 Å². The van der Waals surface area contributed by atoms with Crippen LogP contribution in [-0.2, 0) is 38.2 Å². The molecule has 74 heavy (non-hydrogen) atoms. The fourth-order valence-electron chi connectivity index (χ4n) is 10.8. The molecule has 4 saturated heterocycles. The van der Waals surface area contributed by atoms with Crippen LogP contribution in [0.4, 0.5) is 0 Å². The van der Waals surface area contributed by atoms with E-state index in [2.05, 4.69) is 47.0 Å². The fraction of sp³-hybridized carbons (Fsp3) is 0.679. The second-order valence-electron chi connectivity index (χ2n) is 21.8. The van der Waals surface area contributed by atoms with E-state index in [0.717, 1.165) is 56.9 Å². The molecule has 18 heteroatoms. The summed E-state index contributed by atoms with van der Waals surface area (Å²) in [6.45, 7) is 16.2. The van der Waals surface area contributed by atoms with E-state index in [4.69, 9.17) is 15.2 Å². The maximum Gasteiger partial charge on any atom is 0.246 e. The Labute approximate surface area is 450 Å². The van der Waals surface area contributed by atoms with Crippen molar-refractivity contribution in [2.45, 2.75) is 165 Å². The maximum atomic E-state index is 14.3. The largest absolute Gasteiger partial charge is 0.379 e. The van der Waals surface area contributed by atoms with Crippen molar-refractivity contribution in [2.75, 3.05) is 58.6 Å². The van der Waals surface area contributed by atoms with Crippen molar-refractivity contribution in [1.82, 2.24) is 36.4 Å². The molecule has 0 spiro atoms. The summed E-state index contributed by atoms with van der Waals surface area (Å²) in [6, 6.07) is 6.45. The summed E-state index contributed by atoms with van der Waals surface area (Å²) in [6.07, 6.45) is 18.6. The third-order valence-corrected chi connectivity index (χ3v) is 17.5. The smallest absolute Gasteiger partial charge is 0.246 e. The van der Waals surface area contributed by atoms with Gasteiger partial charge < -0.3 is 51.6 Å². The van der Waals surface area contributed by atoms with Crippen LogP contribution in [-0.4, -0.2) is 145 Å². The first-order valence-electron chi connectivity index (χ1n) is 27.0. The molecule has 4 aliphatic heterocycles. The number of nitrogens with two attached hydrogens (primary N) is 1. The molecule has 412 valence electrons. The predicted octanol–water partition coefficient (Wildman–Crippen LogP) is 6.14. The summed E-state index contributed by atoms with van der Waals surface area (Å²) in [5.74, 6) is 0.0205. The van der Waals surface area contributed by atoms with E-state index in [1.165, 1.54) is 0 Å². The molecule has 0 aromatic heterocycles. The van der Waals surface area contributed by atoms with E-state index in [0.29, 0.717) is 62.6 Å². The van der Waals surface area contributed by atoms with Crippen LogP contribution >= 0.6 is 23.5 Å². The van der Waals surface area contributed by atoms with Gasteiger partial charge in [0.2, 0.25) is 35.4 Å². The van der Waals surface area contributed by atoms with Crippen molar-refractivity contribution >= 4 is 59.0 Å². The number of rotatable bonds is 30. The molecular formula is C56H88N8O8S2. The highest BCUT2D eigenvalue weighted by Gasteiger charge is 2.55. The highest BCUT2D eigenvalue weighted by Crippen LogP contribution is 2.48. The highest BCUT2D eigenvalue weighted by molar-refractivity contribution is 8.00. The quantitative estimate of drug-likeness (QED) is 0.0379. The van der Waals surface area contributed by atoms with E-state index < -0.39 is 46.9 Å². The minimum atomic E-state index is -0.716. The molecule has 6 amide bonds. The highest BCUT2D eigenvalue weighted by atomic mass is 32.2. The third-order valence-electron chi connectivity index (χ3n) is 14.8. The molecule has 4 heterocycles. The lowest BCUT2D eigenvalue weighted by atomic mass is 9.83. The number of nitrogens with one attached hydrogen (secondary N) is 5. The van der Waals surface area contributed by atoms with Gasteiger partial charge in [-0.25, -0.2) is 0 Å². The van der Waals surface area contributed by atoms with Crippen molar-refractivity contribution in [1.29, 1.82) is 0 Å². The summed E-state index contributed by atoms with van der Waals surface area (Å²) >= 11 is 3.37. The summed E-state index contributed by atoms with van der Waals surface area (Å²) in [4.78, 5) is 84.4. The average Bonchev–Trinajstić information content (AvgIpc) is 3.68. The molecule has 4 aliphatic rings. The predicted molar refractivity (Wildman–Crippen MR) is 297 cm³/mol. The van der Waals surface area contributed by atoms with E-state index in [9.17, 15) is 28.8 Å². The lowest BCUT2D eigenvalue weighted by Gasteiger charge is -2.35. The van der Waals surface area contributed by atoms with Crippen LogP contribution in [0.2, 0.25) is 0 Å². The van der Waals surface area contributed by atoms with E-state index in [1.54, 1.807) is 47.4 Å². The van der Waals surface area contributed by atoms with Crippen molar-refractivity contribution < 1.29 is 38.2 Å². The number of amides is 6. The first-order valence-corrected chi connectivity index (χ1v) is 29.1. The second kappa shape index (κ2) is 29.9. The van der Waals surface area contributed by atoms with Gasteiger partial charge in [0.05, 0.1) is 48.6 Å². The number of carbonyl (C=O) groups is 6. The van der Waals surface area contributed by atoms with Crippen molar-refractivity contribution in [3.05, 3.63) is 72.4 Å². The van der Waals surface area contributed by atoms with Crippen LogP contribution in [0, 0.1) is 16.7 Å². The lowest BCUT2D eigenvalue weighted by Crippen LogP contribution is -2.58. The van der Waals surface area contributed by atoms with Crippen LogP contribution in [0.25, 0.3) is 0 Å². The normalized spacial score (nSPS) is 24.7. The zero-order valence-electron chi connectivity index (χ0n) is 45.3. The zero-order valence-corrected chi connectivity index (χ0v) is 46.9. The van der Waals surface area contributed by atoms with Gasteiger partial charge in [-0.05, 0) is 98.9 Å². The SMILES string of the molecule is C=C(/C=C\C=C/C)[C@@H](COCCCCCCCCCCOC[C@@H](NC(=O)[C@H]1N2C(=O)CC(C[C@H](NC)C(N)=O)CS[C@H]2CC1(C)C)c1ccccc1)NC(=O)[C@H]1N2C(=O)[C@@H](NC(=O)CNC)CCS[C@H]2CC1(C)C. The number of ether oxygens (including phenoxy) is 2. The number of thioether (sulfide) groups is 2. The van der Waals surface area contributed by atoms with Gasteiger partial charge in [-0.1, -0.05) is 127 Å². The van der Waals surface area contributed by atoms with Gasteiger partial charge in [0.25, 0.3) is 0 Å². The van der Waals surface area contributed by atoms with Crippen molar-refractivity contribution in [3.63, 3.8) is 0 Å². The molecule has 4 fully saturated rings. The molecule has 16 nitrogen and oxygen atoms in total. The van der Waals surface area contributed by atoms with Gasteiger partial charge in [0, 0.05) is 19.6 Å². The number of primary amides is 1. The first-order chi connectivity index (χ1) is 35.4. The number of unbranched alkanes of at least 4 members (excludes halogenated alkanes) is 7. The van der Waals surface area contributed by atoms with Gasteiger partial charge in [-0.3, -0.25) is 28.8 Å². The molecule has 0 radical (unpaired) electrons. The van der Waals surface area contributed by atoms with Crippen molar-refractivity contribution in [3.8, 4) is 0 Å². The summed E-state index contributed by atoms with van der Waals surface area (Å²) in [7, 11) is 3.39. The maximum absolute atomic E-state index is 14.3. The molecule has 1 aromatic rings. The van der Waals surface area contributed by atoms with Gasteiger partial charge in [0.15, 0.2) is 0 Å². The van der Waals surface area contributed by atoms with E-state index in [-0.39, 0.29) is 71.8 Å². The Bertz CT molecular complexity index is 2090. The molecule has 0 aliphatic carbocycles. The van der Waals surface area contributed by atoms with E-state index in [1.807, 2.05) is 75.4 Å². The number of hydrogen-bond acceptors (Lipinski definition) is 12. The van der Waals surface area contributed by atoms with Crippen LogP contribution in [0.5, 0.6) is 0 Å². The molecule has 0 bridgehead atoms. The van der Waals surface area contributed by atoms with E-state index >= 15 is 0 Å². The Morgan fingerprint density at radius 1 is 0.811 bits per heavy atom. The minimum absolute atomic E-state index is 0.0226. The molecule has 1 unspecified atom stereocenters. The number of carbonyl (C=O) groups excluding carboxylic acids is 6. The Balaban J connectivity index is 1.01. The number of fused-ring (bicyclic) bond motifs is 2. The summed E-state index contributed by atoms with van der Waals surface area (Å²) in [5, 5.41) is 14.9. The van der Waals surface area contributed by atoms with Crippen molar-refractivity contribution in [2.24, 2.45) is 22.5 Å². The second-order valence-corrected chi connectivity index (χ2v) is 24.3. The lowest BCUT2D eigenvalue weighted by molar-refractivity contribution is -0.143. The molecule has 1 aromatic carbocycles. The molecule has 9 atom stereocenters. The fourth-order valence-corrected chi connectivity index (χ4v) is 14.1. The number of nitrogens with zero attached hydrogens (tertiary/aromatic N) is 2. The Hall–Kier alpha value is -4.20. The minimum Gasteiger partial charge on any atom is -0.379 e. The standard InChI is InChI=1S/C56H88N8O8S2/c1-9-10-18-23-38(2)43(61-53(69)50-56(5,6)33-48-64(50)54(70)41(26-29-73-48)60-45(65)34-58-7)35-71-27-21-15-13-11-12-14-16-22-28-72-36-44(40-24-19-17-20-25-40)62-52(68)49-55(3,4)32-47-63(49)46(66)31-39(37-74-47)30-42(59-8)51(57)67/h9-10,17-20,23-25,39,41-44,47-50,58-59H,2,11-16,21-22,26-37H2,1,3-8H3,(H2,57,67)(H,60,65)(H,61,69)(H,62,68)/b10-9-,23-18-/t39?,41-,42-,43+,44+,47-,48-,49+,50+/m0/s1. The third kappa shape index (κ3) is 17.4. The molecule has 5 rings (SSSR count). The van der Waals surface area contributed by atoms with Gasteiger partial charge in [-0.2, -0.15) is 0 Å². The van der Waals surface area contributed by atoms with Crippen LogP contribution in [0.1, 0.15) is 130 Å². The Morgan fingerprint density at radius 2 is 1.41 bits per heavy atom. The topological polar surface area (TPSA) is 214 Å². The van der Waals surface area contributed by atoms with Gasteiger partial charge >= 0.3 is 0 Å². The van der Waals surface area contributed by atoms with Crippen LogP contribution in [0.15, 0.2) is 66.8 Å². The number of likely N-dealkylation sites (N-methyl/N-ethyl adjacent to an activating group) is 2. The first kappa shape index (κ1) is 60.7. The Morgan fingerprint density at radius 3 is 2.01 bits per heavy atom. The number of hydrogen-bond donors (Lipinski definition) is 6. The van der Waals surface area contributed by atoms with Gasteiger partial charge in [0.1, 0.15) is 18.1 Å². The van der Waals surface area contributed by atoms with Gasteiger partial charge in [-0.15, -0.1) is 23.5 Å². The monoisotopic (exact) mass is 1060 g/mol. The summed E-state index contributed by atoms with van der Waals surface area (Å²) < 4.78 is 12.4. The molecular weight excluding hydrogens is 977 g/mol. The number of allylic oxidation sites excluding steroid dienone is 3. The van der Waals surface area contributed by atoms with Crippen LogP contribution in [0.3, 0.4) is 0 Å². The molecule has 0 saturated carbocycles. The number of benzene rings is 1.